The normalized spacial score (nSPS) is 11.1. The summed E-state index contributed by atoms with van der Waals surface area (Å²) >= 11 is 1.14. The number of halogens is 1. The highest BCUT2D eigenvalue weighted by molar-refractivity contribution is 7.92. The first-order valence-corrected chi connectivity index (χ1v) is 11.5. The van der Waals surface area contributed by atoms with Crippen molar-refractivity contribution in [2.24, 2.45) is 0 Å². The molecule has 1 aromatic heterocycles. The van der Waals surface area contributed by atoms with Crippen LogP contribution in [0.25, 0.3) is 10.6 Å². The fourth-order valence-electron chi connectivity index (χ4n) is 2.81. The zero-order valence-electron chi connectivity index (χ0n) is 15.9. The lowest BCUT2D eigenvalue weighted by molar-refractivity contribution is 0.102. The van der Waals surface area contributed by atoms with Gasteiger partial charge in [0.15, 0.2) is 0 Å². The van der Waals surface area contributed by atoms with Crippen LogP contribution in [0, 0.1) is 5.82 Å². The monoisotopic (exact) mass is 453 g/mol. The van der Waals surface area contributed by atoms with Crippen LogP contribution in [0.3, 0.4) is 0 Å². The highest BCUT2D eigenvalue weighted by Crippen LogP contribution is 2.28. The molecule has 2 N–H and O–H groups in total. The summed E-state index contributed by atoms with van der Waals surface area (Å²) in [5, 5.41) is 4.56. The Balaban J connectivity index is 1.56. The molecule has 9 heteroatoms. The van der Waals surface area contributed by atoms with Gasteiger partial charge in [-0.1, -0.05) is 42.5 Å². The lowest BCUT2D eigenvalue weighted by Gasteiger charge is -2.13. The first kappa shape index (κ1) is 20.7. The van der Waals surface area contributed by atoms with Gasteiger partial charge in [-0.15, -0.1) is 11.3 Å². The van der Waals surface area contributed by atoms with Gasteiger partial charge in [-0.3, -0.25) is 9.52 Å². The SMILES string of the molecule is O=C(Nc1ccccc1NS(=O)(=O)c1ccccc1)c1csc(-c2ccccc2F)n1. The molecular weight excluding hydrogens is 437 g/mol. The molecule has 31 heavy (non-hydrogen) atoms. The van der Waals surface area contributed by atoms with E-state index < -0.39 is 21.7 Å². The molecule has 156 valence electrons. The van der Waals surface area contributed by atoms with Crippen molar-refractivity contribution >= 4 is 38.6 Å². The fraction of sp³-hybridized carbons (Fsp3) is 0. The van der Waals surface area contributed by atoms with Crippen LogP contribution in [0.2, 0.25) is 0 Å². The third kappa shape index (κ3) is 4.62. The van der Waals surface area contributed by atoms with E-state index in [0.717, 1.165) is 11.3 Å². The molecule has 1 amide bonds. The van der Waals surface area contributed by atoms with Gasteiger partial charge in [0.1, 0.15) is 16.5 Å². The molecule has 0 aliphatic heterocycles. The number of carbonyl (C=O) groups excluding carboxylic acids is 1. The van der Waals surface area contributed by atoms with Crippen LogP contribution in [0.4, 0.5) is 15.8 Å². The van der Waals surface area contributed by atoms with Crippen LogP contribution in [-0.4, -0.2) is 19.3 Å². The summed E-state index contributed by atoms with van der Waals surface area (Å²) in [6.07, 6.45) is 0. The highest BCUT2D eigenvalue weighted by Gasteiger charge is 2.18. The van der Waals surface area contributed by atoms with E-state index in [4.69, 9.17) is 0 Å². The van der Waals surface area contributed by atoms with E-state index in [1.54, 1.807) is 60.7 Å². The summed E-state index contributed by atoms with van der Waals surface area (Å²) < 4.78 is 41.7. The molecular formula is C22H16FN3O3S2. The van der Waals surface area contributed by atoms with E-state index in [9.17, 15) is 17.6 Å². The zero-order chi connectivity index (χ0) is 21.8. The predicted octanol–water partition coefficient (Wildman–Crippen LogP) is 5.00. The van der Waals surface area contributed by atoms with Gasteiger partial charge in [0.05, 0.1) is 16.3 Å². The number of benzene rings is 3. The lowest BCUT2D eigenvalue weighted by atomic mass is 10.2. The number of aromatic nitrogens is 1. The van der Waals surface area contributed by atoms with Gasteiger partial charge in [-0.2, -0.15) is 0 Å². The Morgan fingerprint density at radius 1 is 0.871 bits per heavy atom. The maximum absolute atomic E-state index is 14.0. The maximum Gasteiger partial charge on any atom is 0.275 e. The van der Waals surface area contributed by atoms with E-state index in [1.165, 1.54) is 23.6 Å². The first-order chi connectivity index (χ1) is 14.9. The second-order valence-corrected chi connectivity index (χ2v) is 8.98. The number of nitrogens with zero attached hydrogens (tertiary/aromatic N) is 1. The molecule has 0 spiro atoms. The Hall–Kier alpha value is -3.56. The first-order valence-electron chi connectivity index (χ1n) is 9.13. The van der Waals surface area contributed by atoms with Crippen LogP contribution >= 0.6 is 11.3 Å². The molecule has 0 radical (unpaired) electrons. The Morgan fingerprint density at radius 2 is 1.52 bits per heavy atom. The maximum atomic E-state index is 14.0. The Bertz CT molecular complexity index is 1340. The number of carbonyl (C=O) groups is 1. The Morgan fingerprint density at radius 3 is 2.26 bits per heavy atom. The quantitative estimate of drug-likeness (QED) is 0.430. The van der Waals surface area contributed by atoms with Gasteiger partial charge in [-0.25, -0.2) is 17.8 Å². The largest absolute Gasteiger partial charge is 0.319 e. The van der Waals surface area contributed by atoms with Crippen molar-refractivity contribution in [1.82, 2.24) is 4.98 Å². The van der Waals surface area contributed by atoms with Crippen LogP contribution < -0.4 is 10.0 Å². The third-order valence-corrected chi connectivity index (χ3v) is 6.57. The van der Waals surface area contributed by atoms with Crippen molar-refractivity contribution < 1.29 is 17.6 Å². The molecule has 0 aliphatic carbocycles. The van der Waals surface area contributed by atoms with Crippen LogP contribution in [0.15, 0.2) is 89.1 Å². The number of hydrogen-bond acceptors (Lipinski definition) is 5. The van der Waals surface area contributed by atoms with Crippen molar-refractivity contribution in [3.8, 4) is 10.6 Å². The third-order valence-electron chi connectivity index (χ3n) is 4.31. The van der Waals surface area contributed by atoms with Gasteiger partial charge in [0, 0.05) is 10.9 Å². The number of amides is 1. The number of thiazole rings is 1. The fourth-order valence-corrected chi connectivity index (χ4v) is 4.73. The highest BCUT2D eigenvalue weighted by atomic mass is 32.2. The second kappa shape index (κ2) is 8.66. The summed E-state index contributed by atoms with van der Waals surface area (Å²) in [6.45, 7) is 0. The summed E-state index contributed by atoms with van der Waals surface area (Å²) in [5.74, 6) is -0.963. The van der Waals surface area contributed by atoms with E-state index in [-0.39, 0.29) is 22.0 Å². The number of nitrogens with one attached hydrogen (secondary N) is 2. The second-order valence-electron chi connectivity index (χ2n) is 6.44. The van der Waals surface area contributed by atoms with E-state index in [0.29, 0.717) is 10.6 Å². The smallest absolute Gasteiger partial charge is 0.275 e. The Kier molecular flexibility index (Phi) is 5.79. The van der Waals surface area contributed by atoms with Crippen molar-refractivity contribution in [2.75, 3.05) is 10.0 Å². The summed E-state index contributed by atoms with van der Waals surface area (Å²) in [7, 11) is -3.83. The molecule has 0 saturated carbocycles. The average Bonchev–Trinajstić information content (AvgIpc) is 3.26. The predicted molar refractivity (Wildman–Crippen MR) is 119 cm³/mol. The molecule has 3 aromatic carbocycles. The standard InChI is InChI=1S/C22H16FN3O3S2/c23-17-11-5-4-10-16(17)22-25-20(14-30-22)21(27)24-18-12-6-7-13-19(18)26-31(28,29)15-8-2-1-3-9-15/h1-14,26H,(H,24,27). The van der Waals surface area contributed by atoms with Gasteiger partial charge in [0.2, 0.25) is 0 Å². The minimum absolute atomic E-state index is 0.101. The van der Waals surface area contributed by atoms with Gasteiger partial charge < -0.3 is 5.32 Å². The molecule has 6 nitrogen and oxygen atoms in total. The minimum atomic E-state index is -3.83. The molecule has 0 bridgehead atoms. The Labute approximate surface area is 182 Å². The van der Waals surface area contributed by atoms with Gasteiger partial charge in [0.25, 0.3) is 15.9 Å². The van der Waals surface area contributed by atoms with Crippen molar-refractivity contribution in [1.29, 1.82) is 0 Å². The van der Waals surface area contributed by atoms with Crippen LogP contribution in [-0.2, 0) is 10.0 Å². The summed E-state index contributed by atoms with van der Waals surface area (Å²) in [6, 6.07) is 20.5. The summed E-state index contributed by atoms with van der Waals surface area (Å²) in [5.41, 5.74) is 0.892. The lowest BCUT2D eigenvalue weighted by Crippen LogP contribution is -2.17. The number of anilines is 2. The molecule has 0 atom stereocenters. The number of sulfonamides is 1. The number of rotatable bonds is 6. The number of hydrogen-bond donors (Lipinski definition) is 2. The van der Waals surface area contributed by atoms with Crippen LogP contribution in [0.5, 0.6) is 0 Å². The molecule has 4 aromatic rings. The molecule has 0 fully saturated rings. The van der Waals surface area contributed by atoms with Crippen molar-refractivity contribution in [2.45, 2.75) is 4.90 Å². The molecule has 4 rings (SSSR count). The molecule has 0 unspecified atom stereocenters. The summed E-state index contributed by atoms with van der Waals surface area (Å²) in [4.78, 5) is 17.0. The van der Waals surface area contributed by atoms with E-state index in [2.05, 4.69) is 15.0 Å². The van der Waals surface area contributed by atoms with Crippen LogP contribution in [0.1, 0.15) is 10.5 Å². The van der Waals surface area contributed by atoms with E-state index in [1.807, 2.05) is 0 Å². The van der Waals surface area contributed by atoms with Gasteiger partial charge in [-0.05, 0) is 36.4 Å². The minimum Gasteiger partial charge on any atom is -0.319 e. The molecule has 0 aliphatic rings. The van der Waals surface area contributed by atoms with E-state index >= 15 is 0 Å². The zero-order valence-corrected chi connectivity index (χ0v) is 17.6. The topological polar surface area (TPSA) is 88.2 Å². The van der Waals surface area contributed by atoms with Crippen molar-refractivity contribution in [3.63, 3.8) is 0 Å². The van der Waals surface area contributed by atoms with Crippen molar-refractivity contribution in [3.05, 3.63) is 95.8 Å². The number of para-hydroxylation sites is 2. The molecule has 0 saturated heterocycles. The average molecular weight is 454 g/mol. The van der Waals surface area contributed by atoms with Gasteiger partial charge >= 0.3 is 0 Å². The molecule has 1 heterocycles.